The van der Waals surface area contributed by atoms with Crippen molar-refractivity contribution >= 4 is 17.3 Å². The number of halogens is 1. The van der Waals surface area contributed by atoms with Crippen LogP contribution in [-0.4, -0.2) is 25.2 Å². The standard InChI is InChI=1S/C12H18ClN3/c13-10-2-4-11(5-3-10)16-12(8-14)6-1-7-15-9-12/h2-5,15-16H,1,6-9,14H2. The molecule has 4 heteroatoms. The Balaban J connectivity index is 2.08. The van der Waals surface area contributed by atoms with Gasteiger partial charge in [-0.3, -0.25) is 0 Å². The van der Waals surface area contributed by atoms with Crippen molar-refractivity contribution in [3.05, 3.63) is 29.3 Å². The van der Waals surface area contributed by atoms with Crippen LogP contribution in [0.2, 0.25) is 5.02 Å². The topological polar surface area (TPSA) is 50.1 Å². The van der Waals surface area contributed by atoms with Crippen molar-refractivity contribution in [2.45, 2.75) is 18.4 Å². The number of benzene rings is 1. The van der Waals surface area contributed by atoms with E-state index in [9.17, 15) is 0 Å². The van der Waals surface area contributed by atoms with Crippen LogP contribution in [0.5, 0.6) is 0 Å². The van der Waals surface area contributed by atoms with Gasteiger partial charge in [0.15, 0.2) is 0 Å². The number of anilines is 1. The molecule has 0 radical (unpaired) electrons. The predicted octanol–water partition coefficient (Wildman–Crippen LogP) is 1.83. The molecule has 3 nitrogen and oxygen atoms in total. The number of hydrogen-bond donors (Lipinski definition) is 3. The molecule has 2 rings (SSSR count). The zero-order valence-electron chi connectivity index (χ0n) is 9.30. The van der Waals surface area contributed by atoms with Crippen molar-refractivity contribution in [1.29, 1.82) is 0 Å². The van der Waals surface area contributed by atoms with Crippen LogP contribution in [0, 0.1) is 0 Å². The molecule has 0 spiro atoms. The van der Waals surface area contributed by atoms with Crippen LogP contribution in [-0.2, 0) is 0 Å². The summed E-state index contributed by atoms with van der Waals surface area (Å²) in [5.41, 5.74) is 6.96. The van der Waals surface area contributed by atoms with Gasteiger partial charge < -0.3 is 16.4 Å². The number of hydrogen-bond acceptors (Lipinski definition) is 3. The minimum atomic E-state index is -0.00786. The molecule has 1 unspecified atom stereocenters. The largest absolute Gasteiger partial charge is 0.377 e. The molecule has 0 saturated carbocycles. The van der Waals surface area contributed by atoms with Gasteiger partial charge in [0.1, 0.15) is 0 Å². The third kappa shape index (κ3) is 2.67. The maximum Gasteiger partial charge on any atom is 0.0620 e. The molecule has 16 heavy (non-hydrogen) atoms. The van der Waals surface area contributed by atoms with E-state index in [2.05, 4.69) is 10.6 Å². The summed E-state index contributed by atoms with van der Waals surface area (Å²) in [6.45, 7) is 2.65. The fourth-order valence-corrected chi connectivity index (χ4v) is 2.27. The first-order chi connectivity index (χ1) is 7.74. The van der Waals surface area contributed by atoms with E-state index in [0.717, 1.165) is 36.6 Å². The van der Waals surface area contributed by atoms with E-state index in [4.69, 9.17) is 17.3 Å². The number of nitrogens with two attached hydrogens (primary N) is 1. The van der Waals surface area contributed by atoms with E-state index in [0.29, 0.717) is 6.54 Å². The average Bonchev–Trinajstić information content (AvgIpc) is 2.33. The SMILES string of the molecule is NCC1(Nc2ccc(Cl)cc2)CCCNC1. The van der Waals surface area contributed by atoms with E-state index in [1.807, 2.05) is 24.3 Å². The lowest BCUT2D eigenvalue weighted by Gasteiger charge is -2.38. The molecule has 1 aromatic rings. The Hall–Kier alpha value is -0.770. The second-order valence-corrected chi connectivity index (χ2v) is 4.83. The Morgan fingerprint density at radius 3 is 2.69 bits per heavy atom. The first-order valence-corrected chi connectivity index (χ1v) is 6.06. The van der Waals surface area contributed by atoms with Crippen LogP contribution in [0.4, 0.5) is 5.69 Å². The van der Waals surface area contributed by atoms with Crippen LogP contribution in [0.15, 0.2) is 24.3 Å². The fraction of sp³-hybridized carbons (Fsp3) is 0.500. The summed E-state index contributed by atoms with van der Waals surface area (Å²) in [6.07, 6.45) is 2.27. The second kappa shape index (κ2) is 5.04. The molecule has 1 aliphatic heterocycles. The molecule has 0 amide bonds. The smallest absolute Gasteiger partial charge is 0.0620 e. The molecule has 1 atom stereocenters. The Morgan fingerprint density at radius 2 is 2.12 bits per heavy atom. The second-order valence-electron chi connectivity index (χ2n) is 4.40. The van der Waals surface area contributed by atoms with Gasteiger partial charge in [-0.15, -0.1) is 0 Å². The Kier molecular flexibility index (Phi) is 3.69. The molecule has 1 saturated heterocycles. The third-order valence-electron chi connectivity index (χ3n) is 3.12. The van der Waals surface area contributed by atoms with Gasteiger partial charge >= 0.3 is 0 Å². The van der Waals surface area contributed by atoms with E-state index < -0.39 is 0 Å². The molecular weight excluding hydrogens is 222 g/mol. The molecule has 1 fully saturated rings. The molecule has 0 aliphatic carbocycles. The lowest BCUT2D eigenvalue weighted by molar-refractivity contribution is 0.350. The molecule has 88 valence electrons. The first-order valence-electron chi connectivity index (χ1n) is 5.69. The first kappa shape index (κ1) is 11.7. The van der Waals surface area contributed by atoms with Crippen molar-refractivity contribution in [2.75, 3.05) is 25.0 Å². The van der Waals surface area contributed by atoms with Gasteiger partial charge in [0.05, 0.1) is 5.54 Å². The monoisotopic (exact) mass is 239 g/mol. The summed E-state index contributed by atoms with van der Waals surface area (Å²) >= 11 is 5.86. The molecular formula is C12H18ClN3. The summed E-state index contributed by atoms with van der Waals surface area (Å²) in [4.78, 5) is 0. The van der Waals surface area contributed by atoms with Gasteiger partial charge in [0, 0.05) is 23.8 Å². The summed E-state index contributed by atoms with van der Waals surface area (Å²) in [6, 6.07) is 7.78. The van der Waals surface area contributed by atoms with Crippen molar-refractivity contribution < 1.29 is 0 Å². The van der Waals surface area contributed by atoms with E-state index in [1.165, 1.54) is 0 Å². The predicted molar refractivity (Wildman–Crippen MR) is 69.0 cm³/mol. The highest BCUT2D eigenvalue weighted by Gasteiger charge is 2.30. The van der Waals surface area contributed by atoms with Crippen molar-refractivity contribution in [3.63, 3.8) is 0 Å². The molecule has 4 N–H and O–H groups in total. The van der Waals surface area contributed by atoms with Gasteiger partial charge in [-0.1, -0.05) is 11.6 Å². The van der Waals surface area contributed by atoms with Crippen LogP contribution >= 0.6 is 11.6 Å². The maximum atomic E-state index is 5.89. The third-order valence-corrected chi connectivity index (χ3v) is 3.37. The zero-order valence-corrected chi connectivity index (χ0v) is 10.1. The number of rotatable bonds is 3. The highest BCUT2D eigenvalue weighted by molar-refractivity contribution is 6.30. The lowest BCUT2D eigenvalue weighted by atomic mass is 9.90. The lowest BCUT2D eigenvalue weighted by Crippen LogP contribution is -2.56. The molecule has 1 heterocycles. The normalized spacial score (nSPS) is 25.4. The summed E-state index contributed by atoms with van der Waals surface area (Å²) < 4.78 is 0. The number of nitrogens with one attached hydrogen (secondary N) is 2. The summed E-state index contributed by atoms with van der Waals surface area (Å²) in [5, 5.41) is 7.67. The van der Waals surface area contributed by atoms with E-state index in [-0.39, 0.29) is 5.54 Å². The molecule has 1 aromatic carbocycles. The van der Waals surface area contributed by atoms with Gasteiger partial charge in [0.25, 0.3) is 0 Å². The summed E-state index contributed by atoms with van der Waals surface area (Å²) in [5.74, 6) is 0. The van der Waals surface area contributed by atoms with Gasteiger partial charge in [-0.2, -0.15) is 0 Å². The minimum Gasteiger partial charge on any atom is -0.377 e. The summed E-state index contributed by atoms with van der Waals surface area (Å²) in [7, 11) is 0. The quantitative estimate of drug-likeness (QED) is 0.755. The maximum absolute atomic E-state index is 5.89. The van der Waals surface area contributed by atoms with Gasteiger partial charge in [-0.05, 0) is 43.7 Å². The highest BCUT2D eigenvalue weighted by Crippen LogP contribution is 2.22. The Labute approximate surface area is 101 Å². The number of piperidine rings is 1. The fourth-order valence-electron chi connectivity index (χ4n) is 2.14. The minimum absolute atomic E-state index is 0.00786. The van der Waals surface area contributed by atoms with E-state index >= 15 is 0 Å². The molecule has 0 bridgehead atoms. The van der Waals surface area contributed by atoms with Gasteiger partial charge in [0.2, 0.25) is 0 Å². The molecule has 0 aromatic heterocycles. The Morgan fingerprint density at radius 1 is 1.38 bits per heavy atom. The zero-order chi connectivity index (χ0) is 11.4. The van der Waals surface area contributed by atoms with Crippen LogP contribution in [0.25, 0.3) is 0 Å². The van der Waals surface area contributed by atoms with Crippen LogP contribution in [0.1, 0.15) is 12.8 Å². The van der Waals surface area contributed by atoms with Crippen LogP contribution in [0.3, 0.4) is 0 Å². The van der Waals surface area contributed by atoms with Gasteiger partial charge in [-0.25, -0.2) is 0 Å². The molecule has 1 aliphatic rings. The van der Waals surface area contributed by atoms with Crippen LogP contribution < -0.4 is 16.4 Å². The average molecular weight is 240 g/mol. The van der Waals surface area contributed by atoms with E-state index in [1.54, 1.807) is 0 Å². The van der Waals surface area contributed by atoms with Crippen molar-refractivity contribution in [1.82, 2.24) is 5.32 Å². The Bertz CT molecular complexity index is 331. The van der Waals surface area contributed by atoms with Crippen molar-refractivity contribution in [3.8, 4) is 0 Å². The van der Waals surface area contributed by atoms with Crippen molar-refractivity contribution in [2.24, 2.45) is 5.73 Å². The highest BCUT2D eigenvalue weighted by atomic mass is 35.5.